The predicted octanol–water partition coefficient (Wildman–Crippen LogP) is 5.98. The fourth-order valence-corrected chi connectivity index (χ4v) is 6.23. The van der Waals surface area contributed by atoms with Gasteiger partial charge < -0.3 is 14.0 Å². The number of hydrazone groups is 1. The fourth-order valence-electron chi connectivity index (χ4n) is 6.23. The molecule has 2 aliphatic carbocycles. The number of hydrogen-bond donors (Lipinski definition) is 0. The van der Waals surface area contributed by atoms with E-state index in [2.05, 4.69) is 33.8 Å². The molecule has 2 aromatic carbocycles. The molecule has 3 aromatic rings. The van der Waals surface area contributed by atoms with Crippen molar-refractivity contribution >= 4 is 22.7 Å². The second-order valence-corrected chi connectivity index (χ2v) is 10.6. The molecule has 1 aliphatic heterocycles. The molecule has 38 heavy (non-hydrogen) atoms. The van der Waals surface area contributed by atoms with Crippen LogP contribution in [0.1, 0.15) is 56.9 Å². The van der Waals surface area contributed by atoms with Crippen LogP contribution in [0.4, 0.5) is 0 Å². The highest BCUT2D eigenvalue weighted by atomic mass is 16.5. The van der Waals surface area contributed by atoms with E-state index in [0.29, 0.717) is 24.7 Å². The van der Waals surface area contributed by atoms with Gasteiger partial charge in [0.2, 0.25) is 5.91 Å². The molecule has 0 bridgehead atoms. The lowest BCUT2D eigenvalue weighted by atomic mass is 9.76. The van der Waals surface area contributed by atoms with E-state index in [9.17, 15) is 4.79 Å². The summed E-state index contributed by atoms with van der Waals surface area (Å²) < 4.78 is 14.0. The van der Waals surface area contributed by atoms with E-state index in [-0.39, 0.29) is 23.8 Å². The number of methoxy groups -OCH3 is 1. The summed E-state index contributed by atoms with van der Waals surface area (Å²) in [7, 11) is 1.66. The summed E-state index contributed by atoms with van der Waals surface area (Å²) in [4.78, 5) is 18.1. The van der Waals surface area contributed by atoms with Crippen LogP contribution in [0.25, 0.3) is 11.0 Å². The first-order chi connectivity index (χ1) is 18.7. The van der Waals surface area contributed by atoms with Gasteiger partial charge in [-0.25, -0.2) is 9.99 Å². The molecule has 7 nitrogen and oxygen atoms in total. The lowest BCUT2D eigenvalue weighted by Gasteiger charge is -2.40. The van der Waals surface area contributed by atoms with Crippen molar-refractivity contribution in [2.24, 2.45) is 16.9 Å². The van der Waals surface area contributed by atoms with Crippen molar-refractivity contribution in [1.82, 2.24) is 14.6 Å². The lowest BCUT2D eigenvalue weighted by molar-refractivity contribution is -0.140. The van der Waals surface area contributed by atoms with E-state index >= 15 is 0 Å². The standard InChI is InChI=1S/C31H36N4O3/c1-37-28-17-16-22(20-29(28)38-19-18-34-21-32-26-14-8-9-15-27(26)34)30-24-12-6-7-13-25(24)31(36)35(33-30)23-10-4-2-3-5-11-23/h6-9,14-17,20-21,23-25H,2-5,10-13,18-19H2,1H3. The van der Waals surface area contributed by atoms with Crippen molar-refractivity contribution in [2.45, 2.75) is 64.0 Å². The zero-order chi connectivity index (χ0) is 25.9. The van der Waals surface area contributed by atoms with E-state index in [1.807, 2.05) is 41.7 Å². The topological polar surface area (TPSA) is 68.9 Å². The molecule has 0 spiro atoms. The van der Waals surface area contributed by atoms with Gasteiger partial charge in [0.1, 0.15) is 6.61 Å². The second-order valence-electron chi connectivity index (χ2n) is 10.6. The molecule has 1 saturated carbocycles. The number of benzene rings is 2. The molecule has 0 radical (unpaired) electrons. The highest BCUT2D eigenvalue weighted by Gasteiger charge is 2.42. The van der Waals surface area contributed by atoms with Crippen LogP contribution in [0, 0.1) is 11.8 Å². The van der Waals surface area contributed by atoms with Crippen molar-refractivity contribution in [3.63, 3.8) is 0 Å². The first kappa shape index (κ1) is 24.7. The number of ether oxygens (including phenoxy) is 2. The minimum Gasteiger partial charge on any atom is -0.493 e. The SMILES string of the molecule is COc1ccc(C2=NN(C3CCCCCC3)C(=O)C3CC=CCC23)cc1OCCn1cnc2ccccc21. The number of carbonyl (C=O) groups is 1. The summed E-state index contributed by atoms with van der Waals surface area (Å²) in [5.41, 5.74) is 4.07. The molecule has 3 aliphatic rings. The molecule has 198 valence electrons. The highest BCUT2D eigenvalue weighted by molar-refractivity contribution is 6.07. The van der Waals surface area contributed by atoms with Gasteiger partial charge in [-0.3, -0.25) is 4.79 Å². The molecule has 1 amide bonds. The van der Waals surface area contributed by atoms with E-state index in [4.69, 9.17) is 14.6 Å². The van der Waals surface area contributed by atoms with Gasteiger partial charge >= 0.3 is 0 Å². The molecule has 7 heteroatoms. The second kappa shape index (κ2) is 11.0. The number of aromatic nitrogens is 2. The Morgan fingerprint density at radius 2 is 1.74 bits per heavy atom. The number of allylic oxidation sites excluding steroid dienone is 2. The van der Waals surface area contributed by atoms with Crippen molar-refractivity contribution < 1.29 is 14.3 Å². The Balaban J connectivity index is 1.27. The molecule has 1 aromatic heterocycles. The normalized spacial score (nSPS) is 22.2. The Morgan fingerprint density at radius 3 is 2.55 bits per heavy atom. The maximum atomic E-state index is 13.6. The Labute approximate surface area is 224 Å². The highest BCUT2D eigenvalue weighted by Crippen LogP contribution is 2.38. The van der Waals surface area contributed by atoms with Gasteiger partial charge in [-0.15, -0.1) is 0 Å². The maximum Gasteiger partial charge on any atom is 0.247 e. The summed E-state index contributed by atoms with van der Waals surface area (Å²) in [5, 5.41) is 6.95. The molecule has 2 atom stereocenters. The molecular weight excluding hydrogens is 476 g/mol. The van der Waals surface area contributed by atoms with Crippen LogP contribution in [0.3, 0.4) is 0 Å². The van der Waals surface area contributed by atoms with Gasteiger partial charge in [-0.1, -0.05) is 50.0 Å². The number of rotatable bonds is 7. The van der Waals surface area contributed by atoms with Crippen molar-refractivity contribution in [2.75, 3.05) is 13.7 Å². The number of amides is 1. The molecule has 2 unspecified atom stereocenters. The van der Waals surface area contributed by atoms with Crippen LogP contribution < -0.4 is 9.47 Å². The van der Waals surface area contributed by atoms with Crippen molar-refractivity contribution in [1.29, 1.82) is 0 Å². The average Bonchev–Trinajstić information content (AvgIpc) is 3.17. The summed E-state index contributed by atoms with van der Waals surface area (Å²) in [6.45, 7) is 1.16. The monoisotopic (exact) mass is 512 g/mol. The number of hydrogen-bond acceptors (Lipinski definition) is 5. The number of fused-ring (bicyclic) bond motifs is 2. The molecule has 2 heterocycles. The predicted molar refractivity (Wildman–Crippen MR) is 148 cm³/mol. The van der Waals surface area contributed by atoms with Crippen molar-refractivity contribution in [3.05, 3.63) is 66.5 Å². The molecule has 1 fully saturated rings. The number of imidazole rings is 1. The average molecular weight is 513 g/mol. The smallest absolute Gasteiger partial charge is 0.247 e. The van der Waals surface area contributed by atoms with Crippen molar-refractivity contribution in [3.8, 4) is 11.5 Å². The number of carbonyl (C=O) groups excluding carboxylic acids is 1. The molecule has 0 saturated heterocycles. The van der Waals surface area contributed by atoms with Gasteiger partial charge in [0.25, 0.3) is 0 Å². The lowest BCUT2D eigenvalue weighted by Crippen LogP contribution is -2.49. The van der Waals surface area contributed by atoms with Gasteiger partial charge in [-0.2, -0.15) is 5.10 Å². The van der Waals surface area contributed by atoms with Gasteiger partial charge in [0.05, 0.1) is 48.7 Å². The third-order valence-corrected chi connectivity index (χ3v) is 8.29. The van der Waals surface area contributed by atoms with Crippen LogP contribution in [0.15, 0.2) is 66.0 Å². The molecular formula is C31H36N4O3. The van der Waals surface area contributed by atoms with Crippen LogP contribution >= 0.6 is 0 Å². The molecule has 6 rings (SSSR count). The van der Waals surface area contributed by atoms with Crippen LogP contribution in [-0.4, -0.2) is 45.9 Å². The minimum atomic E-state index is -0.0447. The summed E-state index contributed by atoms with van der Waals surface area (Å²) in [6.07, 6.45) is 14.7. The van der Waals surface area contributed by atoms with Crippen LogP contribution in [0.2, 0.25) is 0 Å². The number of para-hydroxylation sites is 2. The number of nitrogens with zero attached hydrogens (tertiary/aromatic N) is 4. The quantitative estimate of drug-likeness (QED) is 0.289. The van der Waals surface area contributed by atoms with Gasteiger partial charge in [0.15, 0.2) is 11.5 Å². The third kappa shape index (κ3) is 4.82. The minimum absolute atomic E-state index is 0.0447. The zero-order valence-corrected chi connectivity index (χ0v) is 22.1. The Bertz CT molecular complexity index is 1350. The van der Waals surface area contributed by atoms with E-state index < -0.39 is 0 Å². The van der Waals surface area contributed by atoms with Gasteiger partial charge in [-0.05, 0) is 56.0 Å². The summed E-state index contributed by atoms with van der Waals surface area (Å²) in [6, 6.07) is 14.4. The first-order valence-electron chi connectivity index (χ1n) is 14.0. The van der Waals surface area contributed by atoms with Crippen LogP contribution in [-0.2, 0) is 11.3 Å². The zero-order valence-electron chi connectivity index (χ0n) is 22.1. The Morgan fingerprint density at radius 1 is 0.947 bits per heavy atom. The van der Waals surface area contributed by atoms with Crippen LogP contribution in [0.5, 0.6) is 11.5 Å². The van der Waals surface area contributed by atoms with E-state index in [1.165, 1.54) is 25.7 Å². The Hall–Kier alpha value is -3.61. The summed E-state index contributed by atoms with van der Waals surface area (Å²) in [5.74, 6) is 1.63. The third-order valence-electron chi connectivity index (χ3n) is 8.29. The molecule has 0 N–H and O–H groups in total. The van der Waals surface area contributed by atoms with E-state index in [1.54, 1.807) is 7.11 Å². The first-order valence-corrected chi connectivity index (χ1v) is 14.0. The Kier molecular flexibility index (Phi) is 7.16. The largest absolute Gasteiger partial charge is 0.493 e. The maximum absolute atomic E-state index is 13.6. The fraction of sp³-hybridized carbons (Fsp3) is 0.452. The van der Waals surface area contributed by atoms with E-state index in [0.717, 1.165) is 48.0 Å². The van der Waals surface area contributed by atoms with Gasteiger partial charge in [0, 0.05) is 11.5 Å². The summed E-state index contributed by atoms with van der Waals surface area (Å²) >= 11 is 0.